The standard InChI is InChI=1S/C13H15BrN4S/c14-11-7-5-10(6-8-11)9-19-13-15-16-17-18(13)12-3-1-2-4-12/h5-8,12H,1-4,9H2. The molecule has 0 amide bonds. The Kier molecular flexibility index (Phi) is 4.18. The van der Waals surface area contributed by atoms with Crippen molar-refractivity contribution in [3.8, 4) is 0 Å². The fourth-order valence-electron chi connectivity index (χ4n) is 2.39. The monoisotopic (exact) mass is 338 g/mol. The second-order valence-electron chi connectivity index (χ2n) is 4.76. The van der Waals surface area contributed by atoms with E-state index in [2.05, 4.69) is 55.7 Å². The second kappa shape index (κ2) is 6.05. The van der Waals surface area contributed by atoms with Gasteiger partial charge in [-0.2, -0.15) is 0 Å². The van der Waals surface area contributed by atoms with Crippen molar-refractivity contribution in [3.05, 3.63) is 34.3 Å². The average molecular weight is 339 g/mol. The number of hydrogen-bond acceptors (Lipinski definition) is 4. The molecule has 0 spiro atoms. The minimum atomic E-state index is 0.502. The van der Waals surface area contributed by atoms with Crippen LogP contribution in [-0.4, -0.2) is 20.2 Å². The number of halogens is 1. The Morgan fingerprint density at radius 2 is 1.95 bits per heavy atom. The van der Waals surface area contributed by atoms with Crippen LogP contribution in [0.4, 0.5) is 0 Å². The van der Waals surface area contributed by atoms with Crippen molar-refractivity contribution in [1.82, 2.24) is 20.2 Å². The number of aromatic nitrogens is 4. The van der Waals surface area contributed by atoms with Crippen LogP contribution in [0.5, 0.6) is 0 Å². The maximum atomic E-state index is 4.15. The fraction of sp³-hybridized carbons (Fsp3) is 0.462. The summed E-state index contributed by atoms with van der Waals surface area (Å²) in [5, 5.41) is 13.1. The Bertz CT molecular complexity index is 534. The molecule has 1 fully saturated rings. The van der Waals surface area contributed by atoms with Crippen molar-refractivity contribution in [2.24, 2.45) is 0 Å². The van der Waals surface area contributed by atoms with Gasteiger partial charge in [0.25, 0.3) is 0 Å². The lowest BCUT2D eigenvalue weighted by Crippen LogP contribution is -2.08. The van der Waals surface area contributed by atoms with E-state index >= 15 is 0 Å². The Balaban J connectivity index is 1.66. The fourth-order valence-corrected chi connectivity index (χ4v) is 3.55. The maximum absolute atomic E-state index is 4.15. The van der Waals surface area contributed by atoms with Crippen molar-refractivity contribution in [1.29, 1.82) is 0 Å². The molecule has 0 aliphatic heterocycles. The van der Waals surface area contributed by atoms with E-state index in [4.69, 9.17) is 0 Å². The highest BCUT2D eigenvalue weighted by atomic mass is 79.9. The van der Waals surface area contributed by atoms with Gasteiger partial charge in [-0.1, -0.05) is 52.7 Å². The van der Waals surface area contributed by atoms with Gasteiger partial charge < -0.3 is 0 Å². The third-order valence-corrected chi connectivity index (χ3v) is 4.95. The summed E-state index contributed by atoms with van der Waals surface area (Å²) in [6.07, 6.45) is 5.00. The molecule has 1 aliphatic carbocycles. The van der Waals surface area contributed by atoms with Crippen molar-refractivity contribution in [2.75, 3.05) is 0 Å². The van der Waals surface area contributed by atoms with Crippen LogP contribution in [0.3, 0.4) is 0 Å². The zero-order chi connectivity index (χ0) is 13.1. The molecule has 1 aliphatic rings. The molecule has 19 heavy (non-hydrogen) atoms. The first-order valence-corrected chi connectivity index (χ1v) is 8.26. The lowest BCUT2D eigenvalue weighted by molar-refractivity contribution is 0.423. The number of tetrazole rings is 1. The van der Waals surface area contributed by atoms with E-state index in [0.717, 1.165) is 15.4 Å². The normalized spacial score (nSPS) is 16.1. The Hall–Kier alpha value is -0.880. The zero-order valence-electron chi connectivity index (χ0n) is 10.5. The summed E-state index contributed by atoms with van der Waals surface area (Å²) in [5.74, 6) is 0.903. The third-order valence-electron chi connectivity index (χ3n) is 3.41. The summed E-state index contributed by atoms with van der Waals surface area (Å²) in [7, 11) is 0. The Labute approximate surface area is 125 Å². The predicted octanol–water partition coefficient (Wildman–Crippen LogP) is 3.84. The second-order valence-corrected chi connectivity index (χ2v) is 6.62. The van der Waals surface area contributed by atoms with Crippen molar-refractivity contribution < 1.29 is 0 Å². The third kappa shape index (κ3) is 3.17. The molecule has 1 heterocycles. The molecular formula is C13H15BrN4S. The summed E-state index contributed by atoms with van der Waals surface area (Å²) in [6, 6.07) is 8.88. The average Bonchev–Trinajstić information content (AvgIpc) is 3.08. The minimum absolute atomic E-state index is 0.502. The van der Waals surface area contributed by atoms with Crippen LogP contribution in [0.25, 0.3) is 0 Å². The SMILES string of the molecule is Brc1ccc(CSc2nnnn2C2CCCC2)cc1. The summed E-state index contributed by atoms with van der Waals surface area (Å²) in [5.41, 5.74) is 1.29. The van der Waals surface area contributed by atoms with E-state index in [1.165, 1.54) is 31.2 Å². The minimum Gasteiger partial charge on any atom is -0.217 e. The summed E-state index contributed by atoms with van der Waals surface area (Å²) in [6.45, 7) is 0. The molecule has 0 atom stereocenters. The van der Waals surface area contributed by atoms with Crippen LogP contribution >= 0.6 is 27.7 Å². The molecule has 6 heteroatoms. The van der Waals surface area contributed by atoms with E-state index in [1.54, 1.807) is 11.8 Å². The van der Waals surface area contributed by atoms with E-state index in [9.17, 15) is 0 Å². The lowest BCUT2D eigenvalue weighted by atomic mass is 10.2. The molecule has 100 valence electrons. The van der Waals surface area contributed by atoms with Gasteiger partial charge >= 0.3 is 0 Å². The molecule has 1 aromatic carbocycles. The van der Waals surface area contributed by atoms with Crippen LogP contribution in [0.1, 0.15) is 37.3 Å². The molecule has 0 radical (unpaired) electrons. The van der Waals surface area contributed by atoms with Crippen molar-refractivity contribution >= 4 is 27.7 Å². The van der Waals surface area contributed by atoms with E-state index < -0.39 is 0 Å². The molecule has 0 unspecified atom stereocenters. The molecule has 3 rings (SSSR count). The van der Waals surface area contributed by atoms with Gasteiger partial charge in [-0.15, -0.1) is 5.10 Å². The first kappa shape index (κ1) is 13.1. The number of benzene rings is 1. The van der Waals surface area contributed by atoms with Crippen LogP contribution in [0.15, 0.2) is 33.9 Å². The first-order chi connectivity index (χ1) is 9.33. The van der Waals surface area contributed by atoms with Gasteiger partial charge in [0.2, 0.25) is 5.16 Å². The topological polar surface area (TPSA) is 43.6 Å². The van der Waals surface area contributed by atoms with Gasteiger partial charge in [0.05, 0.1) is 6.04 Å². The smallest absolute Gasteiger partial charge is 0.209 e. The van der Waals surface area contributed by atoms with Crippen molar-refractivity contribution in [2.45, 2.75) is 42.6 Å². The van der Waals surface area contributed by atoms with Gasteiger partial charge in [-0.3, -0.25) is 0 Å². The molecule has 2 aromatic rings. The highest BCUT2D eigenvalue weighted by molar-refractivity contribution is 9.10. The molecule has 1 aromatic heterocycles. The van der Waals surface area contributed by atoms with Gasteiger partial charge in [-0.25, -0.2) is 4.68 Å². The van der Waals surface area contributed by atoms with E-state index in [-0.39, 0.29) is 0 Å². The molecular weight excluding hydrogens is 324 g/mol. The van der Waals surface area contributed by atoms with Gasteiger partial charge in [0, 0.05) is 10.2 Å². The molecule has 1 saturated carbocycles. The van der Waals surface area contributed by atoms with E-state index in [1.807, 2.05) is 4.68 Å². The zero-order valence-corrected chi connectivity index (χ0v) is 12.9. The predicted molar refractivity (Wildman–Crippen MR) is 79.0 cm³/mol. The Morgan fingerprint density at radius 3 is 2.68 bits per heavy atom. The maximum Gasteiger partial charge on any atom is 0.209 e. The highest BCUT2D eigenvalue weighted by Crippen LogP contribution is 2.32. The first-order valence-electron chi connectivity index (χ1n) is 6.48. The van der Waals surface area contributed by atoms with Gasteiger partial charge in [-0.05, 0) is 41.0 Å². The quantitative estimate of drug-likeness (QED) is 0.794. The van der Waals surface area contributed by atoms with Gasteiger partial charge in [0.15, 0.2) is 0 Å². The van der Waals surface area contributed by atoms with Crippen LogP contribution in [-0.2, 0) is 5.75 Å². The molecule has 0 N–H and O–H groups in total. The van der Waals surface area contributed by atoms with Crippen LogP contribution < -0.4 is 0 Å². The van der Waals surface area contributed by atoms with Crippen LogP contribution in [0, 0.1) is 0 Å². The van der Waals surface area contributed by atoms with E-state index in [0.29, 0.717) is 6.04 Å². The Morgan fingerprint density at radius 1 is 1.21 bits per heavy atom. The lowest BCUT2D eigenvalue weighted by Gasteiger charge is -2.10. The number of hydrogen-bond donors (Lipinski definition) is 0. The highest BCUT2D eigenvalue weighted by Gasteiger charge is 2.21. The molecule has 0 saturated heterocycles. The number of thioether (sulfide) groups is 1. The largest absolute Gasteiger partial charge is 0.217 e. The molecule has 0 bridgehead atoms. The van der Waals surface area contributed by atoms with Gasteiger partial charge in [0.1, 0.15) is 0 Å². The summed E-state index contributed by atoms with van der Waals surface area (Å²) < 4.78 is 3.12. The van der Waals surface area contributed by atoms with Crippen LogP contribution in [0.2, 0.25) is 0 Å². The summed E-state index contributed by atoms with van der Waals surface area (Å²) in [4.78, 5) is 0. The molecule has 4 nitrogen and oxygen atoms in total. The number of rotatable bonds is 4. The number of nitrogens with zero attached hydrogens (tertiary/aromatic N) is 4. The summed E-state index contributed by atoms with van der Waals surface area (Å²) >= 11 is 5.16. The van der Waals surface area contributed by atoms with Crippen molar-refractivity contribution in [3.63, 3.8) is 0 Å².